The van der Waals surface area contributed by atoms with Crippen LogP contribution in [0, 0.1) is 0 Å². The summed E-state index contributed by atoms with van der Waals surface area (Å²) in [7, 11) is 0. The Labute approximate surface area is 107 Å². The van der Waals surface area contributed by atoms with Gasteiger partial charge in [-0.1, -0.05) is 48.5 Å². The summed E-state index contributed by atoms with van der Waals surface area (Å²) >= 11 is 0. The van der Waals surface area contributed by atoms with Gasteiger partial charge >= 0.3 is 0 Å². The largest absolute Gasteiger partial charge is 0.398 e. The van der Waals surface area contributed by atoms with Crippen molar-refractivity contribution < 1.29 is 0 Å². The zero-order chi connectivity index (χ0) is 12.8. The SMILES string of the molecule is CC(/C=C(\N)c1ccccc1)=N\c1ccccc1. The third-order valence-electron chi connectivity index (χ3n) is 2.53. The predicted molar refractivity (Wildman–Crippen MR) is 77.8 cm³/mol. The van der Waals surface area contributed by atoms with Crippen molar-refractivity contribution in [2.45, 2.75) is 6.92 Å². The monoisotopic (exact) mass is 236 g/mol. The van der Waals surface area contributed by atoms with Crippen LogP contribution < -0.4 is 5.73 Å². The van der Waals surface area contributed by atoms with Crippen molar-refractivity contribution in [3.05, 3.63) is 72.3 Å². The van der Waals surface area contributed by atoms with Gasteiger partial charge in [-0.15, -0.1) is 0 Å². The molecule has 2 aromatic rings. The van der Waals surface area contributed by atoms with Crippen molar-refractivity contribution in [3.63, 3.8) is 0 Å². The zero-order valence-corrected chi connectivity index (χ0v) is 10.4. The minimum atomic E-state index is 0.729. The Kier molecular flexibility index (Phi) is 3.92. The molecule has 2 heteroatoms. The predicted octanol–water partition coefficient (Wildman–Crippen LogP) is 3.78. The molecule has 0 radical (unpaired) electrons. The lowest BCUT2D eigenvalue weighted by atomic mass is 10.1. The van der Waals surface area contributed by atoms with Crippen molar-refractivity contribution in [3.8, 4) is 0 Å². The van der Waals surface area contributed by atoms with Crippen LogP contribution in [0.15, 0.2) is 71.7 Å². The molecule has 0 heterocycles. The molecule has 90 valence electrons. The summed E-state index contributed by atoms with van der Waals surface area (Å²) in [6, 6.07) is 19.7. The molecule has 18 heavy (non-hydrogen) atoms. The van der Waals surface area contributed by atoms with Gasteiger partial charge in [-0.05, 0) is 30.7 Å². The Morgan fingerprint density at radius 2 is 1.50 bits per heavy atom. The molecular formula is C16H16N2. The fraction of sp³-hybridized carbons (Fsp3) is 0.0625. The van der Waals surface area contributed by atoms with Crippen LogP contribution in [0.4, 0.5) is 5.69 Å². The van der Waals surface area contributed by atoms with Crippen molar-refractivity contribution in [1.29, 1.82) is 0 Å². The highest BCUT2D eigenvalue weighted by molar-refractivity contribution is 6.00. The highest BCUT2D eigenvalue weighted by Crippen LogP contribution is 2.12. The Morgan fingerprint density at radius 1 is 0.944 bits per heavy atom. The van der Waals surface area contributed by atoms with Crippen molar-refractivity contribution >= 4 is 17.1 Å². The molecule has 0 aliphatic carbocycles. The minimum Gasteiger partial charge on any atom is -0.398 e. The Balaban J connectivity index is 2.21. The number of aliphatic imine (C=N–C) groups is 1. The molecule has 0 aliphatic heterocycles. The lowest BCUT2D eigenvalue weighted by molar-refractivity contribution is 1.48. The van der Waals surface area contributed by atoms with Crippen molar-refractivity contribution in [2.75, 3.05) is 0 Å². The molecule has 0 bridgehead atoms. The lowest BCUT2D eigenvalue weighted by Gasteiger charge is -2.01. The van der Waals surface area contributed by atoms with E-state index in [1.54, 1.807) is 0 Å². The Bertz CT molecular complexity index is 554. The molecule has 0 atom stereocenters. The molecular weight excluding hydrogens is 220 g/mol. The number of rotatable bonds is 3. The van der Waals surface area contributed by atoms with Gasteiger partial charge in [0.1, 0.15) is 0 Å². The van der Waals surface area contributed by atoms with Crippen LogP contribution in [0.2, 0.25) is 0 Å². The average Bonchev–Trinajstić information content (AvgIpc) is 2.40. The molecule has 0 fully saturated rings. The number of hydrogen-bond donors (Lipinski definition) is 1. The first-order chi connectivity index (χ1) is 8.75. The second-order valence-electron chi connectivity index (χ2n) is 4.05. The molecule has 2 rings (SSSR count). The summed E-state index contributed by atoms with van der Waals surface area (Å²) in [5.41, 5.74) is 9.60. The quantitative estimate of drug-likeness (QED) is 0.809. The van der Waals surface area contributed by atoms with Gasteiger partial charge in [0.15, 0.2) is 0 Å². The van der Waals surface area contributed by atoms with Crippen LogP contribution in [0.25, 0.3) is 5.70 Å². The van der Waals surface area contributed by atoms with Gasteiger partial charge in [-0.25, -0.2) is 0 Å². The van der Waals surface area contributed by atoms with Crippen LogP contribution in [-0.4, -0.2) is 5.71 Å². The van der Waals surface area contributed by atoms with Gasteiger partial charge in [0.05, 0.1) is 5.69 Å². The minimum absolute atomic E-state index is 0.729. The Morgan fingerprint density at radius 3 is 2.11 bits per heavy atom. The fourth-order valence-corrected chi connectivity index (χ4v) is 1.68. The standard InChI is InChI=1S/C16H16N2/c1-13(18-15-10-6-3-7-11-15)12-16(17)14-8-4-2-5-9-14/h2-12H,17H2,1H3/b16-12-,18-13+. The van der Waals surface area contributed by atoms with Gasteiger partial charge in [-0.2, -0.15) is 0 Å². The maximum Gasteiger partial charge on any atom is 0.0632 e. The molecule has 0 saturated heterocycles. The van der Waals surface area contributed by atoms with E-state index in [1.165, 1.54) is 0 Å². The van der Waals surface area contributed by atoms with Crippen LogP contribution in [0.3, 0.4) is 0 Å². The number of hydrogen-bond acceptors (Lipinski definition) is 2. The van der Waals surface area contributed by atoms with Gasteiger partial charge in [-0.3, -0.25) is 4.99 Å². The topological polar surface area (TPSA) is 38.4 Å². The van der Waals surface area contributed by atoms with Crippen molar-refractivity contribution in [1.82, 2.24) is 0 Å². The molecule has 0 amide bonds. The summed E-state index contributed by atoms with van der Waals surface area (Å²) < 4.78 is 0. The maximum absolute atomic E-state index is 6.03. The Hall–Kier alpha value is -2.35. The van der Waals surface area contributed by atoms with Crippen LogP contribution in [-0.2, 0) is 0 Å². The van der Waals surface area contributed by atoms with E-state index in [4.69, 9.17) is 5.73 Å². The number of nitrogens with two attached hydrogens (primary N) is 1. The second-order valence-corrected chi connectivity index (χ2v) is 4.05. The van der Waals surface area contributed by atoms with Crippen LogP contribution >= 0.6 is 0 Å². The van der Waals surface area contributed by atoms with Crippen LogP contribution in [0.5, 0.6) is 0 Å². The number of para-hydroxylation sites is 1. The normalized spacial score (nSPS) is 12.5. The van der Waals surface area contributed by atoms with Gasteiger partial charge in [0, 0.05) is 11.4 Å². The van der Waals surface area contributed by atoms with E-state index < -0.39 is 0 Å². The summed E-state index contributed by atoms with van der Waals surface area (Å²) in [5.74, 6) is 0. The first-order valence-corrected chi connectivity index (χ1v) is 5.88. The van der Waals surface area contributed by atoms with E-state index in [-0.39, 0.29) is 0 Å². The third-order valence-corrected chi connectivity index (χ3v) is 2.53. The number of nitrogens with zero attached hydrogens (tertiary/aromatic N) is 1. The molecule has 2 nitrogen and oxygen atoms in total. The number of allylic oxidation sites excluding steroid dienone is 1. The van der Waals surface area contributed by atoms with Crippen molar-refractivity contribution in [2.24, 2.45) is 10.7 Å². The number of benzene rings is 2. The third kappa shape index (κ3) is 3.32. The molecule has 0 aromatic heterocycles. The summed E-state index contributed by atoms with van der Waals surface area (Å²) in [6.45, 7) is 1.95. The molecule has 0 aliphatic rings. The second kappa shape index (κ2) is 5.82. The maximum atomic E-state index is 6.03. The van der Waals surface area contributed by atoms with E-state index >= 15 is 0 Å². The summed E-state index contributed by atoms with van der Waals surface area (Å²) in [4.78, 5) is 4.48. The van der Waals surface area contributed by atoms with Gasteiger partial charge in [0.2, 0.25) is 0 Å². The molecule has 0 saturated carbocycles. The zero-order valence-electron chi connectivity index (χ0n) is 10.4. The fourth-order valence-electron chi connectivity index (χ4n) is 1.68. The summed E-state index contributed by atoms with van der Waals surface area (Å²) in [5, 5.41) is 0. The summed E-state index contributed by atoms with van der Waals surface area (Å²) in [6.07, 6.45) is 1.89. The van der Waals surface area contributed by atoms with Gasteiger partial charge in [0.25, 0.3) is 0 Å². The molecule has 2 N–H and O–H groups in total. The highest BCUT2D eigenvalue weighted by Gasteiger charge is 1.96. The van der Waals surface area contributed by atoms with Crippen LogP contribution in [0.1, 0.15) is 12.5 Å². The van der Waals surface area contributed by atoms with E-state index in [1.807, 2.05) is 73.7 Å². The van der Waals surface area contributed by atoms with E-state index in [2.05, 4.69) is 4.99 Å². The van der Waals surface area contributed by atoms with E-state index in [0.717, 1.165) is 22.7 Å². The molecule has 0 unspecified atom stereocenters. The smallest absolute Gasteiger partial charge is 0.0632 e. The lowest BCUT2D eigenvalue weighted by Crippen LogP contribution is -1.99. The van der Waals surface area contributed by atoms with E-state index in [9.17, 15) is 0 Å². The average molecular weight is 236 g/mol. The van der Waals surface area contributed by atoms with Gasteiger partial charge < -0.3 is 5.73 Å². The first-order valence-electron chi connectivity index (χ1n) is 5.88. The molecule has 2 aromatic carbocycles. The highest BCUT2D eigenvalue weighted by atomic mass is 14.7. The van der Waals surface area contributed by atoms with E-state index in [0.29, 0.717) is 0 Å². The molecule has 0 spiro atoms. The first kappa shape index (κ1) is 12.1.